The van der Waals surface area contributed by atoms with E-state index in [1.54, 1.807) is 0 Å². The van der Waals surface area contributed by atoms with E-state index in [0.29, 0.717) is 0 Å². The van der Waals surface area contributed by atoms with Gasteiger partial charge in [0.05, 0.1) is 0 Å². The second-order valence-corrected chi connectivity index (χ2v) is 17.8. The van der Waals surface area contributed by atoms with E-state index >= 15 is 0 Å². The number of rotatable bonds is 3. The molecule has 0 amide bonds. The van der Waals surface area contributed by atoms with Gasteiger partial charge in [0.2, 0.25) is 0 Å². The van der Waals surface area contributed by atoms with Crippen LogP contribution >= 0.6 is 0 Å². The number of benzene rings is 10. The summed E-state index contributed by atoms with van der Waals surface area (Å²) in [6.45, 7) is 11.7. The van der Waals surface area contributed by atoms with Gasteiger partial charge in [-0.25, -0.2) is 0 Å². The predicted molar refractivity (Wildman–Crippen MR) is 247 cm³/mol. The van der Waals surface area contributed by atoms with Gasteiger partial charge in [-0.15, -0.1) is 0 Å². The molecule has 0 aromatic heterocycles. The van der Waals surface area contributed by atoms with Crippen LogP contribution in [0.5, 0.6) is 0 Å². The molecule has 10 aromatic rings. The first-order chi connectivity index (χ1) is 27.6. The molecule has 0 N–H and O–H groups in total. The van der Waals surface area contributed by atoms with Gasteiger partial charge in [-0.2, -0.15) is 0 Å². The molecular weight excluding hydrogens is 685 g/mol. The molecule has 0 saturated heterocycles. The van der Waals surface area contributed by atoms with Crippen LogP contribution in [0.1, 0.15) is 51.3 Å². The third kappa shape index (κ3) is 5.28. The zero-order chi connectivity index (χ0) is 38.6. The van der Waals surface area contributed by atoms with Gasteiger partial charge in [0, 0.05) is 5.41 Å². The molecule has 11 rings (SSSR count). The number of hydrogen-bond acceptors (Lipinski definition) is 0. The molecule has 0 unspecified atom stereocenters. The third-order valence-electron chi connectivity index (χ3n) is 13.0. The Labute approximate surface area is 335 Å². The summed E-state index contributed by atoms with van der Waals surface area (Å²) in [5.41, 5.74) is 14.5. The monoisotopic (exact) mass is 728 g/mol. The van der Waals surface area contributed by atoms with Crippen molar-refractivity contribution in [2.24, 2.45) is 0 Å². The van der Waals surface area contributed by atoms with Crippen molar-refractivity contribution in [3.8, 4) is 44.5 Å². The second-order valence-electron chi connectivity index (χ2n) is 17.8. The fraction of sp³-hybridized carbons (Fsp3) is 0.123. The van der Waals surface area contributed by atoms with Crippen molar-refractivity contribution in [2.45, 2.75) is 45.4 Å². The Bertz CT molecular complexity index is 3290. The molecule has 0 nitrogen and oxygen atoms in total. The molecule has 0 bridgehead atoms. The Morgan fingerprint density at radius 3 is 1.42 bits per heavy atom. The van der Waals surface area contributed by atoms with Gasteiger partial charge in [-0.05, 0) is 157 Å². The molecule has 0 saturated carbocycles. The average Bonchev–Trinajstić information content (AvgIpc) is 3.46. The third-order valence-corrected chi connectivity index (χ3v) is 13.0. The number of fused-ring (bicyclic) bond motifs is 10. The van der Waals surface area contributed by atoms with Crippen molar-refractivity contribution in [2.75, 3.05) is 0 Å². The average molecular weight is 729 g/mol. The summed E-state index contributed by atoms with van der Waals surface area (Å²) in [7, 11) is 0. The van der Waals surface area contributed by atoms with Gasteiger partial charge in [0.25, 0.3) is 0 Å². The molecule has 0 radical (unpaired) electrons. The topological polar surface area (TPSA) is 0 Å². The molecule has 1 aliphatic rings. The van der Waals surface area contributed by atoms with Gasteiger partial charge in [-0.1, -0.05) is 174 Å². The Morgan fingerprint density at radius 2 is 0.789 bits per heavy atom. The van der Waals surface area contributed by atoms with Crippen molar-refractivity contribution >= 4 is 53.9 Å². The summed E-state index contributed by atoms with van der Waals surface area (Å²) in [6.07, 6.45) is 0. The summed E-state index contributed by atoms with van der Waals surface area (Å²) in [5, 5.41) is 12.7. The minimum absolute atomic E-state index is 0.0918. The van der Waals surface area contributed by atoms with E-state index in [2.05, 4.69) is 211 Å². The van der Waals surface area contributed by atoms with Crippen molar-refractivity contribution in [3.05, 3.63) is 193 Å². The van der Waals surface area contributed by atoms with Crippen LogP contribution in [0, 0.1) is 0 Å². The van der Waals surface area contributed by atoms with E-state index in [1.807, 2.05) is 0 Å². The SMILES string of the molecule is CC(C)(C)c1ccc2c(c1)C(C)(C)c1cc(-c3ccc4c(c3)c(-c3ccc5ccccc5c3)cc3c5ccccc5c(-c5ccc6ccccc6c5)cc43)ccc1-2. The fourth-order valence-electron chi connectivity index (χ4n) is 9.75. The van der Waals surface area contributed by atoms with Crippen LogP contribution in [0.25, 0.3) is 98.4 Å². The van der Waals surface area contributed by atoms with E-state index in [1.165, 1.54) is 115 Å². The molecule has 0 spiro atoms. The van der Waals surface area contributed by atoms with Crippen molar-refractivity contribution in [1.29, 1.82) is 0 Å². The van der Waals surface area contributed by atoms with Crippen LogP contribution in [0.2, 0.25) is 0 Å². The van der Waals surface area contributed by atoms with Gasteiger partial charge < -0.3 is 0 Å². The summed E-state index contributed by atoms with van der Waals surface area (Å²) < 4.78 is 0. The molecule has 0 heteroatoms. The zero-order valence-electron chi connectivity index (χ0n) is 33.2. The van der Waals surface area contributed by atoms with Crippen molar-refractivity contribution in [3.63, 3.8) is 0 Å². The summed E-state index contributed by atoms with van der Waals surface area (Å²) in [5.74, 6) is 0. The first-order valence-electron chi connectivity index (χ1n) is 20.3. The maximum Gasteiger partial charge on any atom is 0.0159 e. The van der Waals surface area contributed by atoms with E-state index in [9.17, 15) is 0 Å². The molecule has 0 aliphatic heterocycles. The molecule has 0 heterocycles. The van der Waals surface area contributed by atoms with Crippen LogP contribution in [0.3, 0.4) is 0 Å². The lowest BCUT2D eigenvalue weighted by molar-refractivity contribution is 0.584. The lowest BCUT2D eigenvalue weighted by Gasteiger charge is -2.25. The summed E-state index contributed by atoms with van der Waals surface area (Å²) in [4.78, 5) is 0. The molecule has 10 aromatic carbocycles. The molecule has 0 fully saturated rings. The highest BCUT2D eigenvalue weighted by Gasteiger charge is 2.36. The molecule has 57 heavy (non-hydrogen) atoms. The van der Waals surface area contributed by atoms with Gasteiger partial charge >= 0.3 is 0 Å². The largest absolute Gasteiger partial charge is 0.0616 e. The Kier molecular flexibility index (Phi) is 7.26. The predicted octanol–water partition coefficient (Wildman–Crippen LogP) is 16.1. The van der Waals surface area contributed by atoms with Crippen LogP contribution in [-0.4, -0.2) is 0 Å². The first-order valence-corrected chi connectivity index (χ1v) is 20.3. The van der Waals surface area contributed by atoms with Crippen LogP contribution in [0.4, 0.5) is 0 Å². The Balaban J connectivity index is 1.15. The zero-order valence-corrected chi connectivity index (χ0v) is 33.2. The molecular formula is C57H44. The standard InChI is InChI=1S/C57H44/c1-56(2,3)43-24-27-48-47-26-23-40(31-54(47)57(4,5)55(48)32-43)39-22-25-46-51(30-39)50(42-21-19-36-13-7-9-15-38(36)29-42)34-52-45-17-11-10-16-44(45)49(33-53(46)52)41-20-18-35-12-6-8-14-37(35)28-41/h6-34H,1-5H3. The maximum absolute atomic E-state index is 2.47. The number of hydrogen-bond donors (Lipinski definition) is 0. The Morgan fingerprint density at radius 1 is 0.316 bits per heavy atom. The smallest absolute Gasteiger partial charge is 0.0159 e. The second kappa shape index (κ2) is 12.2. The first kappa shape index (κ1) is 33.8. The summed E-state index contributed by atoms with van der Waals surface area (Å²) in [6, 6.07) is 66.6. The van der Waals surface area contributed by atoms with E-state index in [-0.39, 0.29) is 10.8 Å². The minimum Gasteiger partial charge on any atom is -0.0616 e. The fourth-order valence-corrected chi connectivity index (χ4v) is 9.75. The van der Waals surface area contributed by atoms with Gasteiger partial charge in [-0.3, -0.25) is 0 Å². The van der Waals surface area contributed by atoms with Crippen LogP contribution in [0.15, 0.2) is 176 Å². The Hall–Kier alpha value is -6.50. The summed E-state index contributed by atoms with van der Waals surface area (Å²) >= 11 is 0. The van der Waals surface area contributed by atoms with Gasteiger partial charge in [0.1, 0.15) is 0 Å². The van der Waals surface area contributed by atoms with E-state index < -0.39 is 0 Å². The van der Waals surface area contributed by atoms with Gasteiger partial charge in [0.15, 0.2) is 0 Å². The highest BCUT2D eigenvalue weighted by Crippen LogP contribution is 2.51. The molecule has 0 atom stereocenters. The quantitative estimate of drug-likeness (QED) is 0.159. The highest BCUT2D eigenvalue weighted by molar-refractivity contribution is 6.24. The van der Waals surface area contributed by atoms with Crippen LogP contribution in [-0.2, 0) is 10.8 Å². The maximum atomic E-state index is 2.47. The van der Waals surface area contributed by atoms with E-state index in [4.69, 9.17) is 0 Å². The van der Waals surface area contributed by atoms with Crippen LogP contribution < -0.4 is 0 Å². The van der Waals surface area contributed by atoms with Crippen molar-refractivity contribution in [1.82, 2.24) is 0 Å². The van der Waals surface area contributed by atoms with E-state index in [0.717, 1.165) is 0 Å². The normalized spacial score (nSPS) is 13.5. The molecule has 1 aliphatic carbocycles. The molecule has 272 valence electrons. The minimum atomic E-state index is -0.0918. The lowest BCUT2D eigenvalue weighted by Crippen LogP contribution is -2.17. The highest BCUT2D eigenvalue weighted by atomic mass is 14.4. The van der Waals surface area contributed by atoms with Crippen molar-refractivity contribution < 1.29 is 0 Å². The lowest BCUT2D eigenvalue weighted by atomic mass is 9.78.